The Morgan fingerprint density at radius 1 is 1.40 bits per heavy atom. The normalized spacial score (nSPS) is 21.9. The van der Waals surface area contributed by atoms with Gasteiger partial charge in [0.2, 0.25) is 11.8 Å². The first kappa shape index (κ1) is 13.2. The van der Waals surface area contributed by atoms with Crippen LogP contribution in [0.25, 0.3) is 0 Å². The summed E-state index contributed by atoms with van der Waals surface area (Å²) >= 11 is 0. The molecule has 2 aliphatic rings. The zero-order valence-electron chi connectivity index (χ0n) is 12.0. The minimum atomic E-state index is -0.352. The highest BCUT2D eigenvalue weighted by Crippen LogP contribution is 2.38. The van der Waals surface area contributed by atoms with Gasteiger partial charge in [0, 0.05) is 30.4 Å². The van der Waals surface area contributed by atoms with Crippen molar-refractivity contribution in [2.45, 2.75) is 58.2 Å². The Hall–Kier alpha value is -1.78. The standard InChI is InChI=1S/C15H21N3O2/c1-9-7-11(10(2)18(9)12-3-4-12)8-16-15(20)13-5-6-14(19)17-13/h7,12-13H,3-6,8H2,1-2H3,(H,16,20)(H,17,19). The first-order valence-electron chi connectivity index (χ1n) is 7.30. The summed E-state index contributed by atoms with van der Waals surface area (Å²) in [5.74, 6) is -0.107. The molecule has 1 unspecified atom stereocenters. The fourth-order valence-corrected chi connectivity index (χ4v) is 3.04. The number of hydrogen-bond acceptors (Lipinski definition) is 2. The van der Waals surface area contributed by atoms with Crippen molar-refractivity contribution in [2.75, 3.05) is 0 Å². The summed E-state index contributed by atoms with van der Waals surface area (Å²) in [6, 6.07) is 2.46. The molecular weight excluding hydrogens is 254 g/mol. The molecule has 1 saturated carbocycles. The summed E-state index contributed by atoms with van der Waals surface area (Å²) < 4.78 is 2.37. The lowest BCUT2D eigenvalue weighted by Gasteiger charge is -2.11. The molecule has 1 aliphatic heterocycles. The summed E-state index contributed by atoms with van der Waals surface area (Å²) in [5, 5.41) is 5.63. The Morgan fingerprint density at radius 2 is 2.15 bits per heavy atom. The van der Waals surface area contributed by atoms with Gasteiger partial charge in [0.05, 0.1) is 0 Å². The molecule has 108 valence electrons. The number of aromatic nitrogens is 1. The van der Waals surface area contributed by atoms with Gasteiger partial charge in [-0.15, -0.1) is 0 Å². The van der Waals surface area contributed by atoms with Crippen molar-refractivity contribution in [1.82, 2.24) is 15.2 Å². The van der Waals surface area contributed by atoms with E-state index in [-0.39, 0.29) is 17.9 Å². The lowest BCUT2D eigenvalue weighted by Crippen LogP contribution is -2.41. The van der Waals surface area contributed by atoms with Crippen LogP contribution >= 0.6 is 0 Å². The fourth-order valence-electron chi connectivity index (χ4n) is 3.04. The quantitative estimate of drug-likeness (QED) is 0.871. The Kier molecular flexibility index (Phi) is 3.28. The van der Waals surface area contributed by atoms with E-state index >= 15 is 0 Å². The van der Waals surface area contributed by atoms with Gasteiger partial charge in [-0.25, -0.2) is 0 Å². The molecule has 0 aromatic carbocycles. The molecule has 2 amide bonds. The summed E-state index contributed by atoms with van der Waals surface area (Å²) in [4.78, 5) is 23.1. The first-order chi connectivity index (χ1) is 9.56. The predicted octanol–water partition coefficient (Wildman–Crippen LogP) is 1.33. The van der Waals surface area contributed by atoms with E-state index in [1.165, 1.54) is 29.8 Å². The molecule has 2 heterocycles. The maximum absolute atomic E-state index is 12.0. The van der Waals surface area contributed by atoms with Crippen LogP contribution in [0.5, 0.6) is 0 Å². The van der Waals surface area contributed by atoms with Crippen LogP contribution in [0.1, 0.15) is 48.7 Å². The van der Waals surface area contributed by atoms with Gasteiger partial charge in [0.15, 0.2) is 0 Å². The van der Waals surface area contributed by atoms with E-state index < -0.39 is 0 Å². The third-order valence-corrected chi connectivity index (χ3v) is 4.27. The molecule has 1 aromatic heterocycles. The van der Waals surface area contributed by atoms with Crippen molar-refractivity contribution in [1.29, 1.82) is 0 Å². The largest absolute Gasteiger partial charge is 0.350 e. The van der Waals surface area contributed by atoms with Gasteiger partial charge in [-0.3, -0.25) is 9.59 Å². The summed E-state index contributed by atoms with van der Waals surface area (Å²) in [5.41, 5.74) is 3.69. The number of rotatable bonds is 4. The molecule has 0 spiro atoms. The second kappa shape index (κ2) is 4.96. The van der Waals surface area contributed by atoms with Crippen LogP contribution in [0, 0.1) is 13.8 Å². The lowest BCUT2D eigenvalue weighted by atomic mass is 10.2. The molecule has 0 bridgehead atoms. The van der Waals surface area contributed by atoms with Crippen LogP contribution < -0.4 is 10.6 Å². The van der Waals surface area contributed by atoms with E-state index in [0.29, 0.717) is 25.4 Å². The fraction of sp³-hybridized carbons (Fsp3) is 0.600. The number of nitrogens with one attached hydrogen (secondary N) is 2. The van der Waals surface area contributed by atoms with Crippen molar-refractivity contribution < 1.29 is 9.59 Å². The molecule has 5 nitrogen and oxygen atoms in total. The van der Waals surface area contributed by atoms with E-state index in [9.17, 15) is 9.59 Å². The molecule has 5 heteroatoms. The van der Waals surface area contributed by atoms with Gasteiger partial charge >= 0.3 is 0 Å². The maximum atomic E-state index is 12.0. The zero-order valence-corrected chi connectivity index (χ0v) is 12.0. The molecule has 2 N–H and O–H groups in total. The molecule has 1 atom stereocenters. The van der Waals surface area contributed by atoms with Crippen molar-refractivity contribution in [3.8, 4) is 0 Å². The van der Waals surface area contributed by atoms with Gasteiger partial charge in [-0.1, -0.05) is 0 Å². The highest BCUT2D eigenvalue weighted by Gasteiger charge is 2.28. The van der Waals surface area contributed by atoms with E-state index in [4.69, 9.17) is 0 Å². The number of carbonyl (C=O) groups is 2. The topological polar surface area (TPSA) is 63.1 Å². The maximum Gasteiger partial charge on any atom is 0.242 e. The number of nitrogens with zero attached hydrogens (tertiary/aromatic N) is 1. The predicted molar refractivity (Wildman–Crippen MR) is 75.2 cm³/mol. The number of amides is 2. The molecule has 20 heavy (non-hydrogen) atoms. The van der Waals surface area contributed by atoms with Crippen LogP contribution in [0.4, 0.5) is 0 Å². The Bertz CT molecular complexity index is 558. The second-order valence-corrected chi connectivity index (χ2v) is 5.87. The van der Waals surface area contributed by atoms with Crippen molar-refractivity contribution in [3.05, 3.63) is 23.0 Å². The Morgan fingerprint density at radius 3 is 2.75 bits per heavy atom. The summed E-state index contributed by atoms with van der Waals surface area (Å²) in [6.45, 7) is 4.77. The van der Waals surface area contributed by atoms with Crippen molar-refractivity contribution in [3.63, 3.8) is 0 Å². The SMILES string of the molecule is Cc1cc(CNC(=O)C2CCC(=O)N2)c(C)n1C1CC1. The van der Waals surface area contributed by atoms with Gasteiger partial charge in [0.1, 0.15) is 6.04 Å². The van der Waals surface area contributed by atoms with Gasteiger partial charge in [-0.05, 0) is 44.7 Å². The molecule has 1 saturated heterocycles. The van der Waals surface area contributed by atoms with Crippen LogP contribution in [-0.2, 0) is 16.1 Å². The van der Waals surface area contributed by atoms with Gasteiger partial charge < -0.3 is 15.2 Å². The summed E-state index contributed by atoms with van der Waals surface area (Å²) in [6.07, 6.45) is 3.58. The third-order valence-electron chi connectivity index (χ3n) is 4.27. The number of aryl methyl sites for hydroxylation is 1. The molecule has 1 aliphatic carbocycles. The van der Waals surface area contributed by atoms with E-state index in [2.05, 4.69) is 35.1 Å². The number of hydrogen-bond donors (Lipinski definition) is 2. The molecule has 3 rings (SSSR count). The first-order valence-corrected chi connectivity index (χ1v) is 7.30. The van der Waals surface area contributed by atoms with E-state index in [1.807, 2.05) is 0 Å². The smallest absolute Gasteiger partial charge is 0.242 e. The minimum Gasteiger partial charge on any atom is -0.350 e. The Labute approximate surface area is 118 Å². The van der Waals surface area contributed by atoms with Crippen LogP contribution in [0.15, 0.2) is 6.07 Å². The van der Waals surface area contributed by atoms with Gasteiger partial charge in [-0.2, -0.15) is 0 Å². The average Bonchev–Trinajstić information content (AvgIpc) is 3.07. The monoisotopic (exact) mass is 275 g/mol. The highest BCUT2D eigenvalue weighted by molar-refractivity contribution is 5.90. The Balaban J connectivity index is 1.62. The number of carbonyl (C=O) groups excluding carboxylic acids is 2. The van der Waals surface area contributed by atoms with E-state index in [1.54, 1.807) is 0 Å². The molecule has 0 radical (unpaired) electrons. The highest BCUT2D eigenvalue weighted by atomic mass is 16.2. The van der Waals surface area contributed by atoms with Crippen molar-refractivity contribution in [2.24, 2.45) is 0 Å². The van der Waals surface area contributed by atoms with Gasteiger partial charge in [0.25, 0.3) is 0 Å². The second-order valence-electron chi connectivity index (χ2n) is 5.87. The minimum absolute atomic E-state index is 0.0305. The zero-order chi connectivity index (χ0) is 14.3. The third kappa shape index (κ3) is 2.44. The molecule has 2 fully saturated rings. The van der Waals surface area contributed by atoms with Crippen LogP contribution in [-0.4, -0.2) is 22.4 Å². The average molecular weight is 275 g/mol. The molecule has 1 aromatic rings. The molecular formula is C15H21N3O2. The van der Waals surface area contributed by atoms with Crippen molar-refractivity contribution >= 4 is 11.8 Å². The van der Waals surface area contributed by atoms with Crippen LogP contribution in [0.3, 0.4) is 0 Å². The van der Waals surface area contributed by atoms with Crippen LogP contribution in [0.2, 0.25) is 0 Å². The van der Waals surface area contributed by atoms with E-state index in [0.717, 1.165) is 0 Å². The summed E-state index contributed by atoms with van der Waals surface area (Å²) in [7, 11) is 0. The lowest BCUT2D eigenvalue weighted by molar-refractivity contribution is -0.125.